The number of thioether (sulfide) groups is 1. The highest BCUT2D eigenvalue weighted by molar-refractivity contribution is 8.14. The number of aliphatic imine (C=N–C) groups is 1. The third-order valence-corrected chi connectivity index (χ3v) is 6.31. The van der Waals surface area contributed by atoms with Crippen molar-refractivity contribution in [2.45, 2.75) is 56.7 Å². The summed E-state index contributed by atoms with van der Waals surface area (Å²) in [5.41, 5.74) is 1.72. The zero-order valence-electron chi connectivity index (χ0n) is 14.4. The van der Waals surface area contributed by atoms with Gasteiger partial charge in [-0.2, -0.15) is 0 Å². The van der Waals surface area contributed by atoms with Crippen molar-refractivity contribution in [1.82, 2.24) is 9.78 Å². The summed E-state index contributed by atoms with van der Waals surface area (Å²) in [6.07, 6.45) is 7.17. The molecule has 132 valence electrons. The minimum atomic E-state index is -0.0797. The molecule has 1 saturated carbocycles. The lowest BCUT2D eigenvalue weighted by Gasteiger charge is -2.23. The second-order valence-corrected chi connectivity index (χ2v) is 8.21. The number of aromatic amines is 1. The Bertz CT molecular complexity index is 843. The molecule has 1 aromatic carbocycles. The fraction of sp³-hybridized carbons (Fsp3) is 0.474. The van der Waals surface area contributed by atoms with Crippen molar-refractivity contribution < 1.29 is 5.11 Å². The molecule has 4 rings (SSSR count). The Morgan fingerprint density at radius 1 is 1.16 bits per heavy atom. The standard InChI is InChI=1S/C19H23N3O2S/c1-12-20-18-16(17(25-12)13-8-10-15(23)11-9-13)19(24)21-22(18)14-6-4-2-3-5-7-14/h8-11,14,17,23H,2-7H2,1H3,(H,21,24). The van der Waals surface area contributed by atoms with Crippen molar-refractivity contribution in [3.8, 4) is 5.75 Å². The van der Waals surface area contributed by atoms with Crippen LogP contribution in [0.15, 0.2) is 34.1 Å². The maximum Gasteiger partial charge on any atom is 0.271 e. The fourth-order valence-corrected chi connectivity index (χ4v) is 4.98. The molecule has 1 aliphatic carbocycles. The normalized spacial score (nSPS) is 21.5. The Hall–Kier alpha value is -1.95. The third-order valence-electron chi connectivity index (χ3n) is 5.14. The van der Waals surface area contributed by atoms with E-state index in [0.717, 1.165) is 34.8 Å². The molecule has 2 heterocycles. The first-order chi connectivity index (χ1) is 12.1. The first-order valence-corrected chi connectivity index (χ1v) is 9.87. The lowest BCUT2D eigenvalue weighted by atomic mass is 10.1. The van der Waals surface area contributed by atoms with Crippen LogP contribution in [0.25, 0.3) is 0 Å². The van der Waals surface area contributed by atoms with Crippen molar-refractivity contribution in [1.29, 1.82) is 0 Å². The Labute approximate surface area is 151 Å². The highest BCUT2D eigenvalue weighted by Crippen LogP contribution is 2.45. The molecule has 0 radical (unpaired) electrons. The van der Waals surface area contributed by atoms with E-state index in [-0.39, 0.29) is 16.6 Å². The summed E-state index contributed by atoms with van der Waals surface area (Å²) in [6, 6.07) is 7.45. The summed E-state index contributed by atoms with van der Waals surface area (Å²) in [4.78, 5) is 17.5. The number of fused-ring (bicyclic) bond motifs is 1. The van der Waals surface area contributed by atoms with Crippen LogP contribution >= 0.6 is 11.8 Å². The fourth-order valence-electron chi connectivity index (χ4n) is 3.87. The number of hydrogen-bond acceptors (Lipinski definition) is 4. The second kappa shape index (κ2) is 6.75. The van der Waals surface area contributed by atoms with Crippen molar-refractivity contribution in [2.24, 2.45) is 4.99 Å². The molecule has 1 aliphatic heterocycles. The minimum absolute atomic E-state index is 0.0407. The quantitative estimate of drug-likeness (QED) is 0.768. The Balaban J connectivity index is 1.79. The number of phenols is 1. The van der Waals surface area contributed by atoms with Gasteiger partial charge < -0.3 is 5.11 Å². The van der Waals surface area contributed by atoms with Crippen LogP contribution in [0.5, 0.6) is 5.75 Å². The van der Waals surface area contributed by atoms with E-state index in [2.05, 4.69) is 5.10 Å². The van der Waals surface area contributed by atoms with Crippen LogP contribution in [0, 0.1) is 0 Å². The van der Waals surface area contributed by atoms with E-state index in [9.17, 15) is 9.90 Å². The zero-order chi connectivity index (χ0) is 17.4. The van der Waals surface area contributed by atoms with Crippen LogP contribution in [0.1, 0.15) is 67.9 Å². The molecule has 0 saturated heterocycles. The summed E-state index contributed by atoms with van der Waals surface area (Å²) >= 11 is 1.60. The van der Waals surface area contributed by atoms with Crippen LogP contribution in [-0.4, -0.2) is 19.9 Å². The molecular weight excluding hydrogens is 334 g/mol. The molecule has 2 aliphatic rings. The van der Waals surface area contributed by atoms with Crippen LogP contribution in [0.2, 0.25) is 0 Å². The van der Waals surface area contributed by atoms with Gasteiger partial charge in [0, 0.05) is 0 Å². The molecule has 25 heavy (non-hydrogen) atoms. The van der Waals surface area contributed by atoms with Gasteiger partial charge in [0.2, 0.25) is 0 Å². The lowest BCUT2D eigenvalue weighted by molar-refractivity contribution is 0.407. The van der Waals surface area contributed by atoms with Crippen molar-refractivity contribution in [2.75, 3.05) is 0 Å². The second-order valence-electron chi connectivity index (χ2n) is 6.91. The average Bonchev–Trinajstić information content (AvgIpc) is 2.78. The number of nitrogens with zero attached hydrogens (tertiary/aromatic N) is 2. The van der Waals surface area contributed by atoms with E-state index in [1.54, 1.807) is 23.9 Å². The SMILES string of the molecule is CC1=Nc2c(c(=O)[nH]n2C2CCCCCC2)C(c2ccc(O)cc2)S1. The van der Waals surface area contributed by atoms with Crippen LogP contribution in [0.3, 0.4) is 0 Å². The number of benzene rings is 1. The van der Waals surface area contributed by atoms with Crippen LogP contribution < -0.4 is 5.56 Å². The van der Waals surface area contributed by atoms with Gasteiger partial charge in [-0.15, -0.1) is 0 Å². The van der Waals surface area contributed by atoms with E-state index in [4.69, 9.17) is 4.99 Å². The smallest absolute Gasteiger partial charge is 0.271 e. The predicted molar refractivity (Wildman–Crippen MR) is 102 cm³/mol. The summed E-state index contributed by atoms with van der Waals surface area (Å²) < 4.78 is 2.03. The molecule has 0 bridgehead atoms. The van der Waals surface area contributed by atoms with Gasteiger partial charge in [0.25, 0.3) is 5.56 Å². The zero-order valence-corrected chi connectivity index (χ0v) is 15.2. The van der Waals surface area contributed by atoms with Crippen molar-refractivity contribution in [3.05, 3.63) is 45.7 Å². The Morgan fingerprint density at radius 2 is 1.84 bits per heavy atom. The molecule has 1 aromatic heterocycles. The van der Waals surface area contributed by atoms with Gasteiger partial charge in [-0.25, -0.2) is 4.99 Å². The Kier molecular flexibility index (Phi) is 4.46. The average molecular weight is 357 g/mol. The van der Waals surface area contributed by atoms with Gasteiger partial charge in [0.1, 0.15) is 5.75 Å². The molecule has 1 atom stereocenters. The number of aromatic hydroxyl groups is 1. The molecule has 2 aromatic rings. The van der Waals surface area contributed by atoms with E-state index < -0.39 is 0 Å². The van der Waals surface area contributed by atoms with Crippen LogP contribution in [0.4, 0.5) is 5.82 Å². The van der Waals surface area contributed by atoms with Gasteiger partial charge in [-0.3, -0.25) is 14.6 Å². The van der Waals surface area contributed by atoms with Gasteiger partial charge >= 0.3 is 0 Å². The number of nitrogens with one attached hydrogen (secondary N) is 1. The third kappa shape index (κ3) is 3.15. The molecular formula is C19H23N3O2S. The van der Waals surface area contributed by atoms with Gasteiger partial charge in [-0.1, -0.05) is 49.6 Å². The summed E-state index contributed by atoms with van der Waals surface area (Å²) in [5, 5.41) is 13.5. The minimum Gasteiger partial charge on any atom is -0.508 e. The first kappa shape index (κ1) is 16.5. The summed E-state index contributed by atoms with van der Waals surface area (Å²) in [5.74, 6) is 1.03. The molecule has 0 amide bonds. The number of rotatable bonds is 2. The summed E-state index contributed by atoms with van der Waals surface area (Å²) in [6.45, 7) is 2.00. The van der Waals surface area contributed by atoms with Gasteiger partial charge in [-0.05, 0) is 37.5 Å². The molecule has 0 spiro atoms. The number of aromatic nitrogens is 2. The largest absolute Gasteiger partial charge is 0.508 e. The highest BCUT2D eigenvalue weighted by atomic mass is 32.2. The number of H-pyrrole nitrogens is 1. The van der Waals surface area contributed by atoms with E-state index in [1.807, 2.05) is 23.7 Å². The monoisotopic (exact) mass is 357 g/mol. The van der Waals surface area contributed by atoms with E-state index in [1.165, 1.54) is 25.7 Å². The van der Waals surface area contributed by atoms with E-state index >= 15 is 0 Å². The molecule has 1 unspecified atom stereocenters. The molecule has 1 fully saturated rings. The predicted octanol–water partition coefficient (Wildman–Crippen LogP) is 4.66. The topological polar surface area (TPSA) is 70.4 Å². The molecule has 6 heteroatoms. The first-order valence-electron chi connectivity index (χ1n) is 8.99. The lowest BCUT2D eigenvalue weighted by Crippen LogP contribution is -2.13. The highest BCUT2D eigenvalue weighted by Gasteiger charge is 2.31. The van der Waals surface area contributed by atoms with Crippen LogP contribution in [-0.2, 0) is 0 Å². The van der Waals surface area contributed by atoms with Gasteiger partial charge in [0.05, 0.1) is 21.9 Å². The number of phenolic OH excluding ortho intramolecular Hbond substituents is 1. The maximum absolute atomic E-state index is 12.8. The maximum atomic E-state index is 12.8. The van der Waals surface area contributed by atoms with Crippen molar-refractivity contribution >= 4 is 22.6 Å². The number of hydrogen-bond donors (Lipinski definition) is 2. The molecule has 2 N–H and O–H groups in total. The summed E-state index contributed by atoms with van der Waals surface area (Å²) in [7, 11) is 0. The Morgan fingerprint density at radius 3 is 2.52 bits per heavy atom. The molecule has 5 nitrogen and oxygen atoms in total. The van der Waals surface area contributed by atoms with Crippen molar-refractivity contribution in [3.63, 3.8) is 0 Å². The van der Waals surface area contributed by atoms with Gasteiger partial charge in [0.15, 0.2) is 5.82 Å². The van der Waals surface area contributed by atoms with E-state index in [0.29, 0.717) is 6.04 Å².